The fourth-order valence-corrected chi connectivity index (χ4v) is 5.60. The van der Waals surface area contributed by atoms with Gasteiger partial charge in [0.2, 0.25) is 9.84 Å². The zero-order chi connectivity index (χ0) is 10.9. The molecule has 2 rings (SSSR count). The van der Waals surface area contributed by atoms with E-state index in [1.54, 1.807) is 17.5 Å². The normalized spacial score (nSPS) is 16.5. The SMILES string of the molecule is Cc1ccc(S(=O)(=O)C2=CSCS2)cc1. The summed E-state index contributed by atoms with van der Waals surface area (Å²) in [6.45, 7) is 1.94. The molecule has 80 valence electrons. The minimum Gasteiger partial charge on any atom is -0.218 e. The molecule has 0 amide bonds. The topological polar surface area (TPSA) is 34.1 Å². The molecule has 0 N–H and O–H groups in total. The summed E-state index contributed by atoms with van der Waals surface area (Å²) in [6, 6.07) is 6.96. The quantitative estimate of drug-likeness (QED) is 0.816. The Kier molecular flexibility index (Phi) is 3.13. The van der Waals surface area contributed by atoms with Crippen LogP contribution in [0.25, 0.3) is 0 Å². The van der Waals surface area contributed by atoms with E-state index in [0.29, 0.717) is 9.13 Å². The minimum absolute atomic E-state index is 0.384. The predicted molar refractivity (Wildman–Crippen MR) is 66.5 cm³/mol. The van der Waals surface area contributed by atoms with Gasteiger partial charge in [0.15, 0.2) is 0 Å². The number of hydrogen-bond donors (Lipinski definition) is 0. The molecule has 1 aromatic carbocycles. The van der Waals surface area contributed by atoms with Gasteiger partial charge in [-0.25, -0.2) is 8.42 Å². The van der Waals surface area contributed by atoms with Gasteiger partial charge in [-0.3, -0.25) is 0 Å². The van der Waals surface area contributed by atoms with E-state index in [2.05, 4.69) is 0 Å². The van der Waals surface area contributed by atoms with E-state index < -0.39 is 9.84 Å². The lowest BCUT2D eigenvalue weighted by Crippen LogP contribution is -2.00. The highest BCUT2D eigenvalue weighted by Crippen LogP contribution is 2.38. The first-order valence-corrected chi connectivity index (χ1v) is 7.89. The van der Waals surface area contributed by atoms with Gasteiger partial charge in [0.25, 0.3) is 0 Å². The van der Waals surface area contributed by atoms with E-state index in [-0.39, 0.29) is 0 Å². The van der Waals surface area contributed by atoms with Crippen LogP contribution in [0.5, 0.6) is 0 Å². The first-order chi connectivity index (χ1) is 7.10. The molecule has 0 aromatic heterocycles. The van der Waals surface area contributed by atoms with E-state index in [9.17, 15) is 8.42 Å². The van der Waals surface area contributed by atoms with E-state index in [4.69, 9.17) is 0 Å². The third-order valence-corrected chi connectivity index (χ3v) is 6.72. The van der Waals surface area contributed by atoms with Crippen molar-refractivity contribution in [2.45, 2.75) is 11.8 Å². The zero-order valence-electron chi connectivity index (χ0n) is 8.14. The van der Waals surface area contributed by atoms with Crippen LogP contribution in [0.3, 0.4) is 0 Å². The standard InChI is InChI=1S/C10H10O2S3/c1-8-2-4-9(5-3-8)15(11,12)10-6-13-7-14-10/h2-6H,7H2,1H3. The average molecular weight is 258 g/mol. The van der Waals surface area contributed by atoms with Crippen molar-refractivity contribution in [1.82, 2.24) is 0 Å². The van der Waals surface area contributed by atoms with Gasteiger partial charge in [0, 0.05) is 5.08 Å². The monoisotopic (exact) mass is 258 g/mol. The van der Waals surface area contributed by atoms with Gasteiger partial charge in [-0.2, -0.15) is 0 Å². The van der Waals surface area contributed by atoms with E-state index >= 15 is 0 Å². The molecule has 1 aliphatic heterocycles. The van der Waals surface area contributed by atoms with Crippen molar-refractivity contribution in [3.63, 3.8) is 0 Å². The number of thioether (sulfide) groups is 2. The summed E-state index contributed by atoms with van der Waals surface area (Å²) in [7, 11) is -3.25. The molecule has 0 atom stereocenters. The molecule has 1 heterocycles. The first-order valence-electron chi connectivity index (χ1n) is 4.37. The first kappa shape index (κ1) is 11.1. The largest absolute Gasteiger partial charge is 0.218 e. The Morgan fingerprint density at radius 1 is 1.20 bits per heavy atom. The maximum atomic E-state index is 12.0. The number of sulfone groups is 1. The third-order valence-electron chi connectivity index (χ3n) is 2.04. The van der Waals surface area contributed by atoms with Crippen LogP contribution in [0.1, 0.15) is 5.56 Å². The van der Waals surface area contributed by atoms with E-state index in [0.717, 1.165) is 10.6 Å². The van der Waals surface area contributed by atoms with Crippen LogP contribution in [0, 0.1) is 6.92 Å². The second kappa shape index (κ2) is 4.23. The van der Waals surface area contributed by atoms with Crippen molar-refractivity contribution in [1.29, 1.82) is 0 Å². The Hall–Kier alpha value is -0.390. The molecular weight excluding hydrogens is 248 g/mol. The number of hydrogen-bond acceptors (Lipinski definition) is 4. The van der Waals surface area contributed by atoms with Crippen molar-refractivity contribution in [2.24, 2.45) is 0 Å². The highest BCUT2D eigenvalue weighted by atomic mass is 32.3. The van der Waals surface area contributed by atoms with E-state index in [1.165, 1.54) is 23.5 Å². The van der Waals surface area contributed by atoms with Gasteiger partial charge < -0.3 is 0 Å². The van der Waals surface area contributed by atoms with Gasteiger partial charge in [-0.1, -0.05) is 17.7 Å². The van der Waals surface area contributed by atoms with Gasteiger partial charge in [-0.15, -0.1) is 23.5 Å². The summed E-state index contributed by atoms with van der Waals surface area (Å²) in [5.74, 6) is 0. The van der Waals surface area contributed by atoms with Crippen molar-refractivity contribution < 1.29 is 8.42 Å². The highest BCUT2D eigenvalue weighted by molar-refractivity contribution is 8.29. The molecule has 0 saturated heterocycles. The summed E-state index contributed by atoms with van der Waals surface area (Å²) >= 11 is 2.91. The summed E-state index contributed by atoms with van der Waals surface area (Å²) in [5.41, 5.74) is 1.07. The Bertz CT molecular complexity index is 486. The lowest BCUT2D eigenvalue weighted by molar-refractivity contribution is 0.604. The second-order valence-electron chi connectivity index (χ2n) is 3.18. The van der Waals surface area contributed by atoms with Crippen LogP contribution in [0.15, 0.2) is 38.8 Å². The average Bonchev–Trinajstić information content (AvgIpc) is 2.71. The van der Waals surface area contributed by atoms with Crippen LogP contribution in [0.2, 0.25) is 0 Å². The molecular formula is C10H10O2S3. The molecule has 0 saturated carbocycles. The molecule has 0 radical (unpaired) electrons. The Balaban J connectivity index is 2.41. The van der Waals surface area contributed by atoms with Crippen molar-refractivity contribution in [3.05, 3.63) is 39.5 Å². The molecule has 0 spiro atoms. The van der Waals surface area contributed by atoms with Crippen molar-refractivity contribution >= 4 is 33.4 Å². The molecule has 1 aliphatic rings. The van der Waals surface area contributed by atoms with Crippen LogP contribution in [-0.4, -0.2) is 13.5 Å². The maximum absolute atomic E-state index is 12.0. The van der Waals surface area contributed by atoms with Crippen LogP contribution in [0.4, 0.5) is 0 Å². The van der Waals surface area contributed by atoms with Crippen molar-refractivity contribution in [2.75, 3.05) is 5.08 Å². The highest BCUT2D eigenvalue weighted by Gasteiger charge is 2.23. The molecule has 1 aromatic rings. The van der Waals surface area contributed by atoms with E-state index in [1.807, 2.05) is 19.1 Å². The molecule has 15 heavy (non-hydrogen) atoms. The molecule has 0 bridgehead atoms. The number of benzene rings is 1. The Labute approximate surface area is 98.1 Å². The van der Waals surface area contributed by atoms with Gasteiger partial charge >= 0.3 is 0 Å². The summed E-state index contributed by atoms with van der Waals surface area (Å²) < 4.78 is 24.6. The zero-order valence-corrected chi connectivity index (χ0v) is 10.6. The second-order valence-corrected chi connectivity index (χ2v) is 7.60. The van der Waals surface area contributed by atoms with Crippen molar-refractivity contribution in [3.8, 4) is 0 Å². The Morgan fingerprint density at radius 3 is 2.40 bits per heavy atom. The van der Waals surface area contributed by atoms with Gasteiger partial charge in [0.1, 0.15) is 4.24 Å². The lowest BCUT2D eigenvalue weighted by Gasteiger charge is -2.04. The summed E-state index contributed by atoms with van der Waals surface area (Å²) in [6.07, 6.45) is 0. The smallest absolute Gasteiger partial charge is 0.213 e. The fourth-order valence-electron chi connectivity index (χ4n) is 1.20. The predicted octanol–water partition coefficient (Wildman–Crippen LogP) is 3.01. The molecule has 0 aliphatic carbocycles. The van der Waals surface area contributed by atoms with Crippen LogP contribution >= 0.6 is 23.5 Å². The molecule has 0 fully saturated rings. The number of aryl methyl sites for hydroxylation is 1. The van der Waals surface area contributed by atoms with Crippen LogP contribution < -0.4 is 0 Å². The lowest BCUT2D eigenvalue weighted by atomic mass is 10.2. The summed E-state index contributed by atoms with van der Waals surface area (Å²) in [5, 5.41) is 2.51. The number of rotatable bonds is 2. The van der Waals surface area contributed by atoms with Gasteiger partial charge in [-0.05, 0) is 24.5 Å². The molecule has 0 unspecified atom stereocenters. The molecule has 2 nitrogen and oxygen atoms in total. The maximum Gasteiger partial charge on any atom is 0.213 e. The Morgan fingerprint density at radius 2 is 1.87 bits per heavy atom. The van der Waals surface area contributed by atoms with Crippen LogP contribution in [-0.2, 0) is 9.84 Å². The third kappa shape index (κ3) is 2.24. The minimum atomic E-state index is -3.25. The summed E-state index contributed by atoms with van der Waals surface area (Å²) in [4.78, 5) is 0.384. The fraction of sp³-hybridized carbons (Fsp3) is 0.200. The van der Waals surface area contributed by atoms with Gasteiger partial charge in [0.05, 0.1) is 4.90 Å². The molecule has 5 heteroatoms.